The van der Waals surface area contributed by atoms with Gasteiger partial charge in [-0.1, -0.05) is 23.7 Å². The van der Waals surface area contributed by atoms with Crippen LogP contribution in [0.4, 0.5) is 4.79 Å². The first-order valence-corrected chi connectivity index (χ1v) is 7.55. The number of benzene rings is 1. The molecule has 2 amide bonds. The van der Waals surface area contributed by atoms with Gasteiger partial charge < -0.3 is 10.2 Å². The number of nitrogens with zero attached hydrogens (tertiary/aromatic N) is 2. The molecule has 22 heavy (non-hydrogen) atoms. The van der Waals surface area contributed by atoms with E-state index in [4.69, 9.17) is 11.6 Å². The van der Waals surface area contributed by atoms with Gasteiger partial charge in [-0.15, -0.1) is 0 Å². The van der Waals surface area contributed by atoms with Crippen molar-refractivity contribution in [3.8, 4) is 0 Å². The Morgan fingerprint density at radius 3 is 2.50 bits per heavy atom. The molecule has 0 saturated heterocycles. The lowest BCUT2D eigenvalue weighted by molar-refractivity contribution is 0.191. The molecule has 2 rings (SSSR count). The Kier molecular flexibility index (Phi) is 5.39. The van der Waals surface area contributed by atoms with E-state index in [1.165, 1.54) is 0 Å². The quantitative estimate of drug-likeness (QED) is 0.918. The first-order valence-electron chi connectivity index (χ1n) is 7.17. The molecule has 1 aromatic heterocycles. The van der Waals surface area contributed by atoms with Gasteiger partial charge in [0.25, 0.3) is 0 Å². The Bertz CT molecular complexity index is 633. The number of rotatable bonds is 4. The molecule has 0 bridgehead atoms. The Morgan fingerprint density at radius 2 is 1.86 bits per heavy atom. The number of halogens is 1. The molecule has 0 aliphatic rings. The molecular formula is C17H20ClN3O. The van der Waals surface area contributed by atoms with Gasteiger partial charge in [0.1, 0.15) is 0 Å². The summed E-state index contributed by atoms with van der Waals surface area (Å²) >= 11 is 6.01. The zero-order chi connectivity index (χ0) is 16.1. The van der Waals surface area contributed by atoms with Gasteiger partial charge in [-0.3, -0.25) is 4.98 Å². The topological polar surface area (TPSA) is 45.2 Å². The van der Waals surface area contributed by atoms with Crippen LogP contribution in [0.1, 0.15) is 37.1 Å². The van der Waals surface area contributed by atoms with Gasteiger partial charge >= 0.3 is 6.03 Å². The number of carbonyl (C=O) groups excluding carboxylic acids is 1. The van der Waals surface area contributed by atoms with Crippen molar-refractivity contribution in [3.05, 3.63) is 64.9 Å². The summed E-state index contributed by atoms with van der Waals surface area (Å²) in [6.45, 7) is 3.92. The van der Waals surface area contributed by atoms with Crippen molar-refractivity contribution in [1.82, 2.24) is 15.2 Å². The van der Waals surface area contributed by atoms with Crippen LogP contribution in [0.15, 0.2) is 48.8 Å². The first-order chi connectivity index (χ1) is 10.5. The molecule has 0 saturated carbocycles. The minimum Gasteiger partial charge on any atom is -0.331 e. The van der Waals surface area contributed by atoms with Crippen LogP contribution >= 0.6 is 11.6 Å². The van der Waals surface area contributed by atoms with Gasteiger partial charge in [0, 0.05) is 24.5 Å². The van der Waals surface area contributed by atoms with Crippen LogP contribution in [0.2, 0.25) is 5.02 Å². The highest BCUT2D eigenvalue weighted by Crippen LogP contribution is 2.22. The van der Waals surface area contributed by atoms with Crippen LogP contribution in [0.5, 0.6) is 0 Å². The van der Waals surface area contributed by atoms with Gasteiger partial charge in [0.15, 0.2) is 0 Å². The summed E-state index contributed by atoms with van der Waals surface area (Å²) in [4.78, 5) is 18.0. The zero-order valence-corrected chi connectivity index (χ0v) is 13.7. The van der Waals surface area contributed by atoms with Crippen molar-refractivity contribution in [3.63, 3.8) is 0 Å². The highest BCUT2D eigenvalue weighted by molar-refractivity contribution is 6.30. The number of aromatic nitrogens is 1. The summed E-state index contributed by atoms with van der Waals surface area (Å²) in [5.41, 5.74) is 2.02. The van der Waals surface area contributed by atoms with Crippen LogP contribution in [-0.4, -0.2) is 23.0 Å². The van der Waals surface area contributed by atoms with E-state index >= 15 is 0 Å². The number of hydrogen-bond donors (Lipinski definition) is 1. The van der Waals surface area contributed by atoms with E-state index in [1.54, 1.807) is 24.3 Å². The van der Waals surface area contributed by atoms with Crippen LogP contribution in [-0.2, 0) is 0 Å². The maximum absolute atomic E-state index is 12.4. The number of nitrogens with one attached hydrogen (secondary N) is 1. The highest BCUT2D eigenvalue weighted by Gasteiger charge is 2.19. The second kappa shape index (κ2) is 7.27. The number of carbonyl (C=O) groups is 1. The largest absolute Gasteiger partial charge is 0.331 e. The van der Waals surface area contributed by atoms with E-state index in [9.17, 15) is 4.79 Å². The number of amides is 2. The van der Waals surface area contributed by atoms with E-state index < -0.39 is 0 Å². The monoisotopic (exact) mass is 317 g/mol. The van der Waals surface area contributed by atoms with Gasteiger partial charge in [-0.05, 0) is 49.2 Å². The van der Waals surface area contributed by atoms with E-state index in [0.29, 0.717) is 5.02 Å². The molecule has 116 valence electrons. The van der Waals surface area contributed by atoms with Gasteiger partial charge in [0.2, 0.25) is 0 Å². The molecule has 1 N–H and O–H groups in total. The summed E-state index contributed by atoms with van der Waals surface area (Å²) in [6, 6.07) is 11.1. The SMILES string of the molecule is CC(NC(=O)N(C)C(C)c1cccc(Cl)c1)c1ccncc1. The number of pyridine rings is 1. The summed E-state index contributed by atoms with van der Waals surface area (Å²) < 4.78 is 0. The summed E-state index contributed by atoms with van der Waals surface area (Å²) in [6.07, 6.45) is 3.44. The lowest BCUT2D eigenvalue weighted by atomic mass is 10.1. The zero-order valence-electron chi connectivity index (χ0n) is 13.0. The molecule has 2 aromatic rings. The van der Waals surface area contributed by atoms with Crippen molar-refractivity contribution in [2.45, 2.75) is 25.9 Å². The average Bonchev–Trinajstić information content (AvgIpc) is 2.54. The molecule has 2 unspecified atom stereocenters. The highest BCUT2D eigenvalue weighted by atomic mass is 35.5. The molecule has 0 fully saturated rings. The third-order valence-corrected chi connectivity index (χ3v) is 4.01. The summed E-state index contributed by atoms with van der Waals surface area (Å²) in [5, 5.41) is 3.66. The van der Waals surface area contributed by atoms with Crippen molar-refractivity contribution < 1.29 is 4.79 Å². The molecule has 1 aromatic carbocycles. The van der Waals surface area contributed by atoms with Crippen molar-refractivity contribution in [2.24, 2.45) is 0 Å². The van der Waals surface area contributed by atoms with E-state index in [0.717, 1.165) is 11.1 Å². The van der Waals surface area contributed by atoms with Crippen LogP contribution < -0.4 is 5.32 Å². The van der Waals surface area contributed by atoms with Crippen LogP contribution in [0, 0.1) is 0 Å². The molecular weight excluding hydrogens is 298 g/mol. The van der Waals surface area contributed by atoms with Crippen molar-refractivity contribution in [2.75, 3.05) is 7.05 Å². The summed E-state index contributed by atoms with van der Waals surface area (Å²) in [7, 11) is 1.78. The maximum Gasteiger partial charge on any atom is 0.318 e. The third-order valence-electron chi connectivity index (χ3n) is 3.78. The minimum atomic E-state index is -0.128. The van der Waals surface area contributed by atoms with E-state index in [2.05, 4.69) is 10.3 Å². The second-order valence-electron chi connectivity index (χ2n) is 5.29. The van der Waals surface area contributed by atoms with E-state index in [1.807, 2.05) is 50.2 Å². The van der Waals surface area contributed by atoms with Gasteiger partial charge in [-0.25, -0.2) is 4.79 Å². The number of hydrogen-bond acceptors (Lipinski definition) is 2. The maximum atomic E-state index is 12.4. The van der Waals surface area contributed by atoms with Crippen LogP contribution in [0.25, 0.3) is 0 Å². The van der Waals surface area contributed by atoms with Gasteiger partial charge in [-0.2, -0.15) is 0 Å². The minimum absolute atomic E-state index is 0.0664. The average molecular weight is 318 g/mol. The summed E-state index contributed by atoms with van der Waals surface area (Å²) in [5.74, 6) is 0. The van der Waals surface area contributed by atoms with Crippen molar-refractivity contribution in [1.29, 1.82) is 0 Å². The van der Waals surface area contributed by atoms with Gasteiger partial charge in [0.05, 0.1) is 12.1 Å². The Labute approximate surface area is 136 Å². The Balaban J connectivity index is 2.02. The molecule has 4 nitrogen and oxygen atoms in total. The van der Waals surface area contributed by atoms with E-state index in [-0.39, 0.29) is 18.1 Å². The van der Waals surface area contributed by atoms with Crippen LogP contribution in [0.3, 0.4) is 0 Å². The molecule has 5 heteroatoms. The fourth-order valence-electron chi connectivity index (χ4n) is 2.19. The predicted octanol–water partition coefficient (Wildman–Crippen LogP) is 4.20. The standard InChI is InChI=1S/C17H20ClN3O/c1-12(14-7-9-19-10-8-14)20-17(22)21(3)13(2)15-5-4-6-16(18)11-15/h4-13H,1-3H3,(H,20,22). The second-order valence-corrected chi connectivity index (χ2v) is 5.73. The lowest BCUT2D eigenvalue weighted by Gasteiger charge is -2.27. The fraction of sp³-hybridized carbons (Fsp3) is 0.294. The fourth-order valence-corrected chi connectivity index (χ4v) is 2.39. The Morgan fingerprint density at radius 1 is 1.18 bits per heavy atom. The molecule has 0 aliphatic carbocycles. The number of urea groups is 1. The Hall–Kier alpha value is -2.07. The normalized spacial score (nSPS) is 13.3. The molecule has 2 atom stereocenters. The lowest BCUT2D eigenvalue weighted by Crippen LogP contribution is -2.39. The molecule has 0 spiro atoms. The molecule has 0 radical (unpaired) electrons. The first kappa shape index (κ1) is 16.3. The molecule has 1 heterocycles. The molecule has 0 aliphatic heterocycles. The predicted molar refractivity (Wildman–Crippen MR) is 88.8 cm³/mol. The third kappa shape index (κ3) is 3.98. The smallest absolute Gasteiger partial charge is 0.318 e. The van der Waals surface area contributed by atoms with Crippen molar-refractivity contribution >= 4 is 17.6 Å².